The van der Waals surface area contributed by atoms with Gasteiger partial charge in [0.2, 0.25) is 0 Å². The van der Waals surface area contributed by atoms with Crippen LogP contribution in [-0.4, -0.2) is 16.9 Å². The van der Waals surface area contributed by atoms with Crippen LogP contribution in [0.1, 0.15) is 39.9 Å². The summed E-state index contributed by atoms with van der Waals surface area (Å²) in [5.41, 5.74) is 2.15. The Labute approximate surface area is 195 Å². The number of ketones is 1. The highest BCUT2D eigenvalue weighted by atomic mass is 35.5. The van der Waals surface area contributed by atoms with Crippen LogP contribution in [-0.2, 0) is 17.6 Å². The largest absolute Gasteiger partial charge is 0.481 e. The lowest BCUT2D eigenvalue weighted by Crippen LogP contribution is -2.01. The number of ether oxygens (including phenoxy) is 1. The number of benzene rings is 3. The smallest absolute Gasteiger partial charge is 0.307 e. The second-order valence-corrected chi connectivity index (χ2v) is 7.93. The number of hydrogen-bond acceptors (Lipinski definition) is 4. The number of halogens is 2. The molecule has 3 rings (SSSR count). The first-order valence-electron chi connectivity index (χ1n) is 9.86. The van der Waals surface area contributed by atoms with Gasteiger partial charge in [-0.2, -0.15) is 5.26 Å². The minimum absolute atomic E-state index is 0.00420. The highest BCUT2D eigenvalue weighted by molar-refractivity contribution is 6.36. The van der Waals surface area contributed by atoms with Gasteiger partial charge in [0.05, 0.1) is 12.0 Å². The van der Waals surface area contributed by atoms with Crippen molar-refractivity contribution < 1.29 is 19.4 Å². The van der Waals surface area contributed by atoms with Crippen LogP contribution in [0.4, 0.5) is 0 Å². The minimum atomic E-state index is -0.974. The molecule has 0 aliphatic rings. The molecule has 0 aliphatic heterocycles. The fraction of sp³-hybridized carbons (Fsp3) is 0.160. The second kappa shape index (κ2) is 10.8. The Balaban J connectivity index is 1.60. The molecule has 7 heteroatoms. The van der Waals surface area contributed by atoms with Crippen molar-refractivity contribution in [3.8, 4) is 17.6 Å². The van der Waals surface area contributed by atoms with E-state index in [1.54, 1.807) is 54.6 Å². The molecule has 0 bridgehead atoms. The molecule has 0 aromatic heterocycles. The maximum absolute atomic E-state index is 12.5. The summed E-state index contributed by atoms with van der Waals surface area (Å²) in [5.74, 6) is -0.197. The number of nitriles is 1. The molecule has 0 atom stereocenters. The van der Waals surface area contributed by atoms with Gasteiger partial charge in [0.1, 0.15) is 17.6 Å². The Morgan fingerprint density at radius 2 is 1.69 bits per heavy atom. The lowest BCUT2D eigenvalue weighted by molar-refractivity contribution is -0.136. The summed E-state index contributed by atoms with van der Waals surface area (Å²) in [7, 11) is 0. The Morgan fingerprint density at radius 1 is 1.00 bits per heavy atom. The van der Waals surface area contributed by atoms with E-state index in [4.69, 9.17) is 33.0 Å². The SMILES string of the molecule is N#Cc1cc(CC(=O)O)ccc1Oc1ccc(C(=O)CCCc2c(Cl)cccc2Cl)cc1. The van der Waals surface area contributed by atoms with Gasteiger partial charge in [0, 0.05) is 22.0 Å². The topological polar surface area (TPSA) is 87.4 Å². The summed E-state index contributed by atoms with van der Waals surface area (Å²) < 4.78 is 5.75. The average molecular weight is 468 g/mol. The van der Waals surface area contributed by atoms with Gasteiger partial charge in [0.25, 0.3) is 0 Å². The molecular formula is C25H19Cl2NO4. The zero-order valence-electron chi connectivity index (χ0n) is 17.0. The van der Waals surface area contributed by atoms with E-state index in [-0.39, 0.29) is 17.8 Å². The van der Waals surface area contributed by atoms with Crippen LogP contribution in [0, 0.1) is 11.3 Å². The molecule has 3 aromatic carbocycles. The summed E-state index contributed by atoms with van der Waals surface area (Å²) in [6.45, 7) is 0. The third-order valence-electron chi connectivity index (χ3n) is 4.82. The van der Waals surface area contributed by atoms with E-state index in [9.17, 15) is 14.9 Å². The number of carbonyl (C=O) groups is 2. The number of hydrogen-bond donors (Lipinski definition) is 1. The van der Waals surface area contributed by atoms with Crippen molar-refractivity contribution in [1.29, 1.82) is 5.26 Å². The van der Waals surface area contributed by atoms with E-state index < -0.39 is 5.97 Å². The van der Waals surface area contributed by atoms with Crippen molar-refractivity contribution in [2.24, 2.45) is 0 Å². The lowest BCUT2D eigenvalue weighted by Gasteiger charge is -2.10. The van der Waals surface area contributed by atoms with Crippen molar-refractivity contribution in [2.45, 2.75) is 25.7 Å². The molecule has 0 amide bonds. The van der Waals surface area contributed by atoms with Crippen LogP contribution >= 0.6 is 23.2 Å². The van der Waals surface area contributed by atoms with Crippen LogP contribution in [0.5, 0.6) is 11.5 Å². The summed E-state index contributed by atoms with van der Waals surface area (Å²) in [6, 6.07) is 18.7. The van der Waals surface area contributed by atoms with E-state index in [1.165, 1.54) is 6.07 Å². The number of carbonyl (C=O) groups excluding carboxylic acids is 1. The number of rotatable bonds is 9. The fourth-order valence-electron chi connectivity index (χ4n) is 3.22. The zero-order chi connectivity index (χ0) is 23.1. The van der Waals surface area contributed by atoms with Gasteiger partial charge in [-0.25, -0.2) is 0 Å². The van der Waals surface area contributed by atoms with Crippen molar-refractivity contribution in [3.05, 3.63) is 93.0 Å². The molecule has 0 radical (unpaired) electrons. The number of aliphatic carboxylic acids is 1. The van der Waals surface area contributed by atoms with Crippen LogP contribution in [0.2, 0.25) is 10.0 Å². The van der Waals surface area contributed by atoms with Crippen LogP contribution in [0.15, 0.2) is 60.7 Å². The first-order valence-corrected chi connectivity index (χ1v) is 10.6. The Morgan fingerprint density at radius 3 is 2.31 bits per heavy atom. The molecule has 3 aromatic rings. The molecule has 32 heavy (non-hydrogen) atoms. The standard InChI is InChI=1S/C25H19Cl2NO4/c26-21-4-2-5-22(27)20(21)3-1-6-23(29)17-8-10-19(11-9-17)32-24-12-7-16(14-25(30)31)13-18(24)15-28/h2,4-5,7-13H,1,3,6,14H2,(H,30,31). The lowest BCUT2D eigenvalue weighted by atomic mass is 10.0. The maximum Gasteiger partial charge on any atom is 0.307 e. The second-order valence-electron chi connectivity index (χ2n) is 7.12. The van der Waals surface area contributed by atoms with Gasteiger partial charge >= 0.3 is 5.97 Å². The van der Waals surface area contributed by atoms with Gasteiger partial charge in [-0.3, -0.25) is 9.59 Å². The molecule has 1 N–H and O–H groups in total. The molecule has 0 saturated heterocycles. The Hall–Kier alpha value is -3.33. The van der Waals surface area contributed by atoms with Crippen molar-refractivity contribution in [2.75, 3.05) is 0 Å². The summed E-state index contributed by atoms with van der Waals surface area (Å²) in [4.78, 5) is 23.3. The van der Waals surface area contributed by atoms with Gasteiger partial charge < -0.3 is 9.84 Å². The monoisotopic (exact) mass is 467 g/mol. The molecule has 0 heterocycles. The van der Waals surface area contributed by atoms with E-state index in [1.807, 2.05) is 6.07 Å². The van der Waals surface area contributed by atoms with E-state index in [0.29, 0.717) is 51.9 Å². The quantitative estimate of drug-likeness (QED) is 0.363. The van der Waals surface area contributed by atoms with Gasteiger partial charge in [-0.15, -0.1) is 0 Å². The van der Waals surface area contributed by atoms with Gasteiger partial charge in [-0.1, -0.05) is 35.3 Å². The first-order chi connectivity index (χ1) is 15.4. The van der Waals surface area contributed by atoms with Crippen molar-refractivity contribution >= 4 is 35.0 Å². The normalized spacial score (nSPS) is 10.4. The van der Waals surface area contributed by atoms with Crippen LogP contribution in [0.3, 0.4) is 0 Å². The molecule has 0 unspecified atom stereocenters. The number of Topliss-reactive ketones (excluding diaryl/α,β-unsaturated/α-hetero) is 1. The fourth-order valence-corrected chi connectivity index (χ4v) is 3.80. The van der Waals surface area contributed by atoms with Gasteiger partial charge in [-0.05, 0) is 72.5 Å². The van der Waals surface area contributed by atoms with Crippen molar-refractivity contribution in [3.63, 3.8) is 0 Å². The molecule has 0 spiro atoms. The molecular weight excluding hydrogens is 449 g/mol. The molecule has 162 valence electrons. The summed E-state index contributed by atoms with van der Waals surface area (Å²) in [5, 5.41) is 19.4. The van der Waals surface area contributed by atoms with E-state index in [0.717, 1.165) is 5.56 Å². The molecule has 0 saturated carbocycles. The minimum Gasteiger partial charge on any atom is -0.481 e. The third kappa shape index (κ3) is 6.10. The van der Waals surface area contributed by atoms with Crippen LogP contribution < -0.4 is 4.74 Å². The molecule has 0 fully saturated rings. The third-order valence-corrected chi connectivity index (χ3v) is 5.52. The predicted octanol–water partition coefficient (Wildman–Crippen LogP) is 6.49. The van der Waals surface area contributed by atoms with E-state index >= 15 is 0 Å². The number of nitrogens with zero attached hydrogens (tertiary/aromatic N) is 1. The zero-order valence-corrected chi connectivity index (χ0v) is 18.5. The molecule has 5 nitrogen and oxygen atoms in total. The number of carboxylic acids is 1. The molecule has 0 aliphatic carbocycles. The maximum atomic E-state index is 12.5. The Bertz CT molecular complexity index is 1160. The van der Waals surface area contributed by atoms with Crippen LogP contribution in [0.25, 0.3) is 0 Å². The highest BCUT2D eigenvalue weighted by Crippen LogP contribution is 2.28. The van der Waals surface area contributed by atoms with E-state index in [2.05, 4.69) is 0 Å². The van der Waals surface area contributed by atoms with Crippen molar-refractivity contribution in [1.82, 2.24) is 0 Å². The predicted molar refractivity (Wildman–Crippen MR) is 123 cm³/mol. The highest BCUT2D eigenvalue weighted by Gasteiger charge is 2.11. The summed E-state index contributed by atoms with van der Waals surface area (Å²) >= 11 is 12.3. The first kappa shape index (κ1) is 23.3. The Kier molecular flexibility index (Phi) is 7.88. The number of carboxylic acid groups (broad SMARTS) is 1. The summed E-state index contributed by atoms with van der Waals surface area (Å²) in [6.07, 6.45) is 1.41. The average Bonchev–Trinajstić information content (AvgIpc) is 2.76. The van der Waals surface area contributed by atoms with Gasteiger partial charge in [0.15, 0.2) is 5.78 Å².